The smallest absolute Gasteiger partial charge is 0.0825 e. The maximum atomic E-state index is 4.33. The largest absolute Gasteiger partial charge is 0.375 e. The quantitative estimate of drug-likeness (QED) is 0.885. The Morgan fingerprint density at radius 2 is 2.19 bits per heavy atom. The lowest BCUT2D eigenvalue weighted by Crippen LogP contribution is -2.06. The van der Waals surface area contributed by atoms with Crippen LogP contribution in [0.3, 0.4) is 0 Å². The van der Waals surface area contributed by atoms with Gasteiger partial charge < -0.3 is 5.32 Å². The highest BCUT2D eigenvalue weighted by molar-refractivity contribution is 7.10. The van der Waals surface area contributed by atoms with E-state index in [2.05, 4.69) is 35.7 Å². The number of thiophene rings is 1. The summed E-state index contributed by atoms with van der Waals surface area (Å²) < 4.78 is 1.84. The van der Waals surface area contributed by atoms with E-state index >= 15 is 0 Å². The van der Waals surface area contributed by atoms with E-state index in [0.29, 0.717) is 6.04 Å². The highest BCUT2D eigenvalue weighted by Gasteiger charge is 2.11. The van der Waals surface area contributed by atoms with Crippen LogP contribution in [0.15, 0.2) is 17.6 Å². The number of nitrogens with zero attached hydrogens (tertiary/aromatic N) is 2. The van der Waals surface area contributed by atoms with E-state index in [1.165, 1.54) is 10.4 Å². The summed E-state index contributed by atoms with van der Waals surface area (Å²) in [5.74, 6) is 0. The van der Waals surface area contributed by atoms with Crippen LogP contribution in [0.2, 0.25) is 0 Å². The first-order valence-corrected chi connectivity index (χ1v) is 6.26. The number of hydrogen-bond acceptors (Lipinski definition) is 3. The van der Waals surface area contributed by atoms with Crippen LogP contribution in [-0.2, 0) is 7.05 Å². The molecule has 0 spiro atoms. The van der Waals surface area contributed by atoms with E-state index in [0.717, 1.165) is 11.4 Å². The predicted molar refractivity (Wildman–Crippen MR) is 69.0 cm³/mol. The second-order valence-corrected chi connectivity index (χ2v) is 5.08. The molecule has 0 amide bonds. The normalized spacial score (nSPS) is 12.8. The fraction of sp³-hybridized carbons (Fsp3) is 0.417. The molecule has 0 radical (unpaired) electrons. The SMILES string of the molecule is Cc1ccsc1C(C)Nc1cn(C)nc1C. The monoisotopic (exact) mass is 235 g/mol. The second-order valence-electron chi connectivity index (χ2n) is 4.14. The fourth-order valence-electron chi connectivity index (χ4n) is 1.87. The van der Waals surface area contributed by atoms with Crippen LogP contribution >= 0.6 is 11.3 Å². The standard InChI is InChI=1S/C12H17N3S/c1-8-5-6-16-12(8)10(3)13-11-7-15(4)14-9(11)2/h5-7,10,13H,1-4H3. The van der Waals surface area contributed by atoms with Crippen LogP contribution in [0.4, 0.5) is 5.69 Å². The van der Waals surface area contributed by atoms with Gasteiger partial charge in [0, 0.05) is 18.1 Å². The Labute approximate surface area is 100 Å². The summed E-state index contributed by atoms with van der Waals surface area (Å²) in [7, 11) is 1.94. The first-order valence-electron chi connectivity index (χ1n) is 5.38. The topological polar surface area (TPSA) is 29.9 Å². The number of nitrogens with one attached hydrogen (secondary N) is 1. The Bertz CT molecular complexity index is 484. The van der Waals surface area contributed by atoms with Crippen LogP contribution in [0, 0.1) is 13.8 Å². The average Bonchev–Trinajstić information content (AvgIpc) is 2.74. The van der Waals surface area contributed by atoms with Crippen LogP contribution in [0.5, 0.6) is 0 Å². The minimum absolute atomic E-state index is 0.336. The molecule has 1 unspecified atom stereocenters. The van der Waals surface area contributed by atoms with Gasteiger partial charge in [-0.25, -0.2) is 0 Å². The maximum Gasteiger partial charge on any atom is 0.0825 e. The molecule has 2 heterocycles. The molecule has 3 nitrogen and oxygen atoms in total. The van der Waals surface area contributed by atoms with Crippen molar-refractivity contribution >= 4 is 17.0 Å². The summed E-state index contributed by atoms with van der Waals surface area (Å²) in [5, 5.41) is 9.96. The van der Waals surface area contributed by atoms with E-state index < -0.39 is 0 Å². The van der Waals surface area contributed by atoms with Gasteiger partial charge in [-0.3, -0.25) is 4.68 Å². The molecule has 0 aliphatic heterocycles. The Hall–Kier alpha value is -1.29. The lowest BCUT2D eigenvalue weighted by atomic mass is 10.2. The molecule has 0 aliphatic carbocycles. The van der Waals surface area contributed by atoms with Crippen molar-refractivity contribution in [2.24, 2.45) is 7.05 Å². The summed E-state index contributed by atoms with van der Waals surface area (Å²) in [5.41, 5.74) is 3.51. The van der Waals surface area contributed by atoms with Crippen molar-refractivity contribution in [1.29, 1.82) is 0 Å². The van der Waals surface area contributed by atoms with Gasteiger partial charge in [-0.05, 0) is 37.8 Å². The van der Waals surface area contributed by atoms with Crippen molar-refractivity contribution < 1.29 is 0 Å². The van der Waals surface area contributed by atoms with Crippen LogP contribution in [0.1, 0.15) is 29.1 Å². The van der Waals surface area contributed by atoms with Crippen molar-refractivity contribution in [1.82, 2.24) is 9.78 Å². The molecule has 2 rings (SSSR count). The van der Waals surface area contributed by atoms with Crippen molar-refractivity contribution in [3.63, 3.8) is 0 Å². The van der Waals surface area contributed by atoms with Crippen molar-refractivity contribution in [3.8, 4) is 0 Å². The molecule has 0 aliphatic rings. The molecular formula is C12H17N3S. The highest BCUT2D eigenvalue weighted by Crippen LogP contribution is 2.27. The van der Waals surface area contributed by atoms with Gasteiger partial charge in [0.05, 0.1) is 17.4 Å². The predicted octanol–water partition coefficient (Wildman–Crippen LogP) is 3.27. The molecule has 0 aromatic carbocycles. The first-order chi connectivity index (χ1) is 7.58. The third-order valence-electron chi connectivity index (χ3n) is 2.68. The number of aryl methyl sites for hydroxylation is 3. The highest BCUT2D eigenvalue weighted by atomic mass is 32.1. The van der Waals surface area contributed by atoms with Gasteiger partial charge in [0.1, 0.15) is 0 Å². The number of rotatable bonds is 3. The van der Waals surface area contributed by atoms with E-state index in [4.69, 9.17) is 0 Å². The Morgan fingerprint density at radius 1 is 1.44 bits per heavy atom. The van der Waals surface area contributed by atoms with Gasteiger partial charge in [0.25, 0.3) is 0 Å². The molecule has 0 saturated heterocycles. The van der Waals surface area contributed by atoms with E-state index in [1.54, 1.807) is 11.3 Å². The fourth-order valence-corrected chi connectivity index (χ4v) is 2.80. The van der Waals surface area contributed by atoms with Gasteiger partial charge >= 0.3 is 0 Å². The van der Waals surface area contributed by atoms with Crippen molar-refractivity contribution in [3.05, 3.63) is 33.8 Å². The van der Waals surface area contributed by atoms with Crippen molar-refractivity contribution in [2.75, 3.05) is 5.32 Å². The van der Waals surface area contributed by atoms with E-state index in [9.17, 15) is 0 Å². The van der Waals surface area contributed by atoms with Crippen LogP contribution in [-0.4, -0.2) is 9.78 Å². The van der Waals surface area contributed by atoms with Crippen molar-refractivity contribution in [2.45, 2.75) is 26.8 Å². The third-order valence-corrected chi connectivity index (χ3v) is 3.88. The summed E-state index contributed by atoms with van der Waals surface area (Å²) >= 11 is 1.80. The number of hydrogen-bond donors (Lipinski definition) is 1. The molecule has 0 saturated carbocycles. The van der Waals surface area contributed by atoms with Gasteiger partial charge in [-0.15, -0.1) is 11.3 Å². The Kier molecular flexibility index (Phi) is 3.01. The van der Waals surface area contributed by atoms with E-state index in [1.807, 2.05) is 24.9 Å². The minimum atomic E-state index is 0.336. The van der Waals surface area contributed by atoms with Gasteiger partial charge in [-0.2, -0.15) is 5.10 Å². The molecule has 2 aromatic rings. The molecule has 1 N–H and O–H groups in total. The van der Waals surface area contributed by atoms with Crippen LogP contribution < -0.4 is 5.32 Å². The Morgan fingerprint density at radius 3 is 2.69 bits per heavy atom. The summed E-state index contributed by atoms with van der Waals surface area (Å²) in [6, 6.07) is 2.50. The molecular weight excluding hydrogens is 218 g/mol. The average molecular weight is 235 g/mol. The van der Waals surface area contributed by atoms with Gasteiger partial charge in [0.2, 0.25) is 0 Å². The zero-order chi connectivity index (χ0) is 11.7. The number of aromatic nitrogens is 2. The summed E-state index contributed by atoms with van der Waals surface area (Å²) in [6.45, 7) is 6.36. The summed E-state index contributed by atoms with van der Waals surface area (Å²) in [4.78, 5) is 1.39. The lowest BCUT2D eigenvalue weighted by molar-refractivity contribution is 0.756. The molecule has 0 bridgehead atoms. The Balaban J connectivity index is 2.16. The number of anilines is 1. The molecule has 16 heavy (non-hydrogen) atoms. The minimum Gasteiger partial charge on any atom is -0.375 e. The van der Waals surface area contributed by atoms with Gasteiger partial charge in [-0.1, -0.05) is 0 Å². The first kappa shape index (κ1) is 11.2. The molecule has 1 atom stereocenters. The molecule has 0 fully saturated rings. The molecule has 86 valence electrons. The maximum absolute atomic E-state index is 4.33. The zero-order valence-corrected chi connectivity index (χ0v) is 10.9. The zero-order valence-electron chi connectivity index (χ0n) is 10.1. The summed E-state index contributed by atoms with van der Waals surface area (Å²) in [6.07, 6.45) is 2.02. The molecule has 2 aromatic heterocycles. The lowest BCUT2D eigenvalue weighted by Gasteiger charge is -2.13. The van der Waals surface area contributed by atoms with E-state index in [-0.39, 0.29) is 0 Å². The third kappa shape index (κ3) is 2.11. The van der Waals surface area contributed by atoms with Gasteiger partial charge in [0.15, 0.2) is 0 Å². The molecule has 4 heteroatoms. The second kappa shape index (κ2) is 4.29. The van der Waals surface area contributed by atoms with Crippen LogP contribution in [0.25, 0.3) is 0 Å².